The van der Waals surface area contributed by atoms with Crippen molar-refractivity contribution in [2.45, 2.75) is 31.8 Å². The monoisotopic (exact) mass is 281 g/mol. The first-order valence-electron chi connectivity index (χ1n) is 7.93. The second-order valence-electron chi connectivity index (χ2n) is 7.06. The number of nitrogens with zero attached hydrogens (tertiary/aromatic N) is 3. The van der Waals surface area contributed by atoms with Crippen LogP contribution in [0.5, 0.6) is 0 Å². The van der Waals surface area contributed by atoms with Gasteiger partial charge in [0.25, 0.3) is 0 Å². The fourth-order valence-electron chi connectivity index (χ4n) is 3.77. The van der Waals surface area contributed by atoms with Crippen LogP contribution in [0.25, 0.3) is 0 Å². The third kappa shape index (κ3) is 3.00. The summed E-state index contributed by atoms with van der Waals surface area (Å²) in [6.45, 7) is 6.58. The Morgan fingerprint density at radius 2 is 1.75 bits per heavy atom. The first kappa shape index (κ1) is 14.3. The van der Waals surface area contributed by atoms with Crippen molar-refractivity contribution in [3.63, 3.8) is 0 Å². The normalized spacial score (nSPS) is 28.6. The summed E-state index contributed by atoms with van der Waals surface area (Å²) in [6.07, 6.45) is 3.91. The van der Waals surface area contributed by atoms with E-state index in [4.69, 9.17) is 0 Å². The Bertz CT molecular complexity index is 350. The third-order valence-corrected chi connectivity index (χ3v) is 5.38. The van der Waals surface area contributed by atoms with Gasteiger partial charge in [-0.2, -0.15) is 0 Å². The summed E-state index contributed by atoms with van der Waals surface area (Å²) in [7, 11) is 2.13. The van der Waals surface area contributed by atoms with Crippen molar-refractivity contribution in [3.05, 3.63) is 0 Å². The van der Waals surface area contributed by atoms with E-state index in [0.717, 1.165) is 65.0 Å². The van der Waals surface area contributed by atoms with Gasteiger partial charge in [0, 0.05) is 44.7 Å². The fraction of sp³-hybridized carbons (Fsp3) is 0.933. The number of rotatable bonds is 2. The van der Waals surface area contributed by atoms with Crippen LogP contribution in [0.15, 0.2) is 0 Å². The Morgan fingerprint density at radius 1 is 1.15 bits per heavy atom. The Kier molecular flexibility index (Phi) is 4.02. The van der Waals surface area contributed by atoms with Crippen LogP contribution >= 0.6 is 0 Å². The third-order valence-electron chi connectivity index (χ3n) is 5.38. The Hall–Kier alpha value is -0.650. The van der Waals surface area contributed by atoms with Crippen LogP contribution in [0, 0.1) is 5.41 Å². The van der Waals surface area contributed by atoms with E-state index in [1.165, 1.54) is 0 Å². The molecule has 0 atom stereocenters. The number of aliphatic hydroxyl groups excluding tert-OH is 1. The number of hydrogen-bond donors (Lipinski definition) is 1. The van der Waals surface area contributed by atoms with Gasteiger partial charge >= 0.3 is 0 Å². The van der Waals surface area contributed by atoms with Crippen LogP contribution in [0.1, 0.15) is 25.7 Å². The van der Waals surface area contributed by atoms with Gasteiger partial charge in [-0.05, 0) is 32.7 Å². The van der Waals surface area contributed by atoms with E-state index in [2.05, 4.69) is 16.8 Å². The van der Waals surface area contributed by atoms with Gasteiger partial charge in [0.05, 0.1) is 12.6 Å². The minimum Gasteiger partial charge on any atom is -0.393 e. The molecule has 3 fully saturated rings. The van der Waals surface area contributed by atoms with Gasteiger partial charge in [0.15, 0.2) is 0 Å². The van der Waals surface area contributed by atoms with Crippen molar-refractivity contribution in [3.8, 4) is 0 Å². The lowest BCUT2D eigenvalue weighted by molar-refractivity contribution is -0.148. The second kappa shape index (κ2) is 5.62. The SMILES string of the molecule is CN1CCN(CC(=O)N2CC3(CCC(O)CC3)C2)CC1. The van der Waals surface area contributed by atoms with Crippen molar-refractivity contribution in [1.82, 2.24) is 14.7 Å². The highest BCUT2D eigenvalue weighted by molar-refractivity contribution is 5.79. The molecule has 3 aliphatic rings. The molecule has 3 rings (SSSR count). The van der Waals surface area contributed by atoms with Crippen LogP contribution in [0.2, 0.25) is 0 Å². The largest absolute Gasteiger partial charge is 0.393 e. The zero-order valence-corrected chi connectivity index (χ0v) is 12.6. The van der Waals surface area contributed by atoms with Crippen LogP contribution in [-0.4, -0.2) is 84.7 Å². The predicted molar refractivity (Wildman–Crippen MR) is 77.4 cm³/mol. The minimum absolute atomic E-state index is 0.101. The Morgan fingerprint density at radius 3 is 2.35 bits per heavy atom. The zero-order valence-electron chi connectivity index (χ0n) is 12.6. The topological polar surface area (TPSA) is 47.0 Å². The van der Waals surface area contributed by atoms with Gasteiger partial charge in [-0.25, -0.2) is 0 Å². The summed E-state index contributed by atoms with van der Waals surface area (Å²) < 4.78 is 0. The molecule has 5 heteroatoms. The molecule has 0 aromatic rings. The standard InChI is InChI=1S/C15H27N3O2/c1-16-6-8-17(9-7-16)10-14(20)18-11-15(12-18)4-2-13(19)3-5-15/h13,19H,2-12H2,1H3. The molecule has 2 heterocycles. The van der Waals surface area contributed by atoms with E-state index < -0.39 is 0 Å². The van der Waals surface area contributed by atoms with Crippen molar-refractivity contribution >= 4 is 5.91 Å². The molecule has 20 heavy (non-hydrogen) atoms. The lowest BCUT2D eigenvalue weighted by atomic mass is 9.68. The second-order valence-corrected chi connectivity index (χ2v) is 7.06. The molecule has 114 valence electrons. The maximum Gasteiger partial charge on any atom is 0.236 e. The summed E-state index contributed by atoms with van der Waals surface area (Å²) >= 11 is 0. The zero-order chi connectivity index (χ0) is 14.2. The summed E-state index contributed by atoms with van der Waals surface area (Å²) in [5.41, 5.74) is 0.344. The number of carbonyl (C=O) groups excluding carboxylic acids is 1. The molecular formula is C15H27N3O2. The molecule has 1 spiro atoms. The molecule has 0 unspecified atom stereocenters. The summed E-state index contributed by atoms with van der Waals surface area (Å²) in [5.74, 6) is 0.298. The highest BCUT2D eigenvalue weighted by Crippen LogP contribution is 2.43. The molecule has 1 N–H and O–H groups in total. The van der Waals surface area contributed by atoms with Crippen LogP contribution < -0.4 is 0 Å². The Labute approximate surface area is 121 Å². The van der Waals surface area contributed by atoms with Gasteiger partial charge < -0.3 is 14.9 Å². The first-order valence-corrected chi connectivity index (χ1v) is 7.93. The predicted octanol–water partition coefficient (Wildman–Crippen LogP) is -0.00270. The van der Waals surface area contributed by atoms with Crippen molar-refractivity contribution in [2.24, 2.45) is 5.41 Å². The Balaban J connectivity index is 1.42. The molecule has 0 radical (unpaired) electrons. The average molecular weight is 281 g/mol. The molecule has 0 aromatic heterocycles. The quantitative estimate of drug-likeness (QED) is 0.774. The van der Waals surface area contributed by atoms with E-state index >= 15 is 0 Å². The molecule has 1 aliphatic carbocycles. The van der Waals surface area contributed by atoms with E-state index in [0.29, 0.717) is 17.9 Å². The van der Waals surface area contributed by atoms with Gasteiger partial charge in [-0.15, -0.1) is 0 Å². The van der Waals surface area contributed by atoms with Crippen LogP contribution in [0.4, 0.5) is 0 Å². The maximum atomic E-state index is 12.3. The van der Waals surface area contributed by atoms with Crippen molar-refractivity contribution in [2.75, 3.05) is 52.9 Å². The number of hydrogen-bond acceptors (Lipinski definition) is 4. The van der Waals surface area contributed by atoms with E-state index in [1.807, 2.05) is 4.90 Å². The van der Waals surface area contributed by atoms with E-state index in [-0.39, 0.29) is 6.10 Å². The van der Waals surface area contributed by atoms with Gasteiger partial charge in [0.1, 0.15) is 0 Å². The number of likely N-dealkylation sites (N-methyl/N-ethyl adjacent to an activating group) is 1. The maximum absolute atomic E-state index is 12.3. The number of likely N-dealkylation sites (tertiary alicyclic amines) is 1. The molecule has 0 aromatic carbocycles. The molecular weight excluding hydrogens is 254 g/mol. The first-order chi connectivity index (χ1) is 9.56. The molecule has 2 aliphatic heterocycles. The average Bonchev–Trinajstić information content (AvgIpc) is 2.40. The minimum atomic E-state index is -0.101. The lowest BCUT2D eigenvalue weighted by Gasteiger charge is -2.53. The number of carbonyl (C=O) groups is 1. The van der Waals surface area contributed by atoms with Gasteiger partial charge in [-0.3, -0.25) is 9.69 Å². The summed E-state index contributed by atoms with van der Waals surface area (Å²) in [4.78, 5) is 18.9. The van der Waals surface area contributed by atoms with E-state index in [1.54, 1.807) is 0 Å². The van der Waals surface area contributed by atoms with Crippen LogP contribution in [0.3, 0.4) is 0 Å². The number of aliphatic hydroxyl groups is 1. The van der Waals surface area contributed by atoms with E-state index in [9.17, 15) is 9.90 Å². The molecule has 1 saturated carbocycles. The number of piperazine rings is 1. The highest BCUT2D eigenvalue weighted by atomic mass is 16.3. The molecule has 0 bridgehead atoms. The van der Waals surface area contributed by atoms with Crippen LogP contribution in [-0.2, 0) is 4.79 Å². The van der Waals surface area contributed by atoms with Gasteiger partial charge in [-0.1, -0.05) is 0 Å². The smallest absolute Gasteiger partial charge is 0.236 e. The highest BCUT2D eigenvalue weighted by Gasteiger charge is 2.46. The lowest BCUT2D eigenvalue weighted by Crippen LogP contribution is -2.61. The molecule has 1 amide bonds. The van der Waals surface area contributed by atoms with Crippen molar-refractivity contribution < 1.29 is 9.90 Å². The van der Waals surface area contributed by atoms with Gasteiger partial charge in [0.2, 0.25) is 5.91 Å². The fourth-order valence-corrected chi connectivity index (χ4v) is 3.77. The summed E-state index contributed by atoms with van der Waals surface area (Å²) in [6, 6.07) is 0. The molecule has 2 saturated heterocycles. The number of amides is 1. The summed E-state index contributed by atoms with van der Waals surface area (Å²) in [5, 5.41) is 9.58. The van der Waals surface area contributed by atoms with Crippen molar-refractivity contribution in [1.29, 1.82) is 0 Å². The molecule has 5 nitrogen and oxygen atoms in total.